The van der Waals surface area contributed by atoms with Gasteiger partial charge in [0.15, 0.2) is 0 Å². The van der Waals surface area contributed by atoms with E-state index in [-0.39, 0.29) is 11.9 Å². The van der Waals surface area contributed by atoms with E-state index >= 15 is 0 Å². The standard InChI is InChI=1S/C7H15N3O/c1-5(8)7(11)10(2)6-3-9-4-6/h5-6,9H,3-4,8H2,1-2H3. The number of carbonyl (C=O) groups excluding carboxylic acids is 1. The van der Waals surface area contributed by atoms with Crippen LogP contribution >= 0.6 is 0 Å². The second-order valence-corrected chi connectivity index (χ2v) is 3.05. The van der Waals surface area contributed by atoms with Gasteiger partial charge in [-0.25, -0.2) is 0 Å². The van der Waals surface area contributed by atoms with E-state index < -0.39 is 0 Å². The van der Waals surface area contributed by atoms with Crippen molar-refractivity contribution in [2.75, 3.05) is 20.1 Å². The summed E-state index contributed by atoms with van der Waals surface area (Å²) >= 11 is 0. The highest BCUT2D eigenvalue weighted by Gasteiger charge is 2.26. The molecule has 4 heteroatoms. The normalized spacial score (nSPS) is 20.6. The van der Waals surface area contributed by atoms with Crippen molar-refractivity contribution in [3.05, 3.63) is 0 Å². The molecule has 3 N–H and O–H groups in total. The van der Waals surface area contributed by atoms with Gasteiger partial charge in [-0.15, -0.1) is 0 Å². The Morgan fingerprint density at radius 2 is 2.27 bits per heavy atom. The zero-order valence-electron chi connectivity index (χ0n) is 7.00. The summed E-state index contributed by atoms with van der Waals surface area (Å²) in [5.41, 5.74) is 5.44. The smallest absolute Gasteiger partial charge is 0.239 e. The van der Waals surface area contributed by atoms with Gasteiger partial charge in [0.2, 0.25) is 5.91 Å². The molecular weight excluding hydrogens is 142 g/mol. The molecule has 1 unspecified atom stereocenters. The first kappa shape index (κ1) is 8.49. The summed E-state index contributed by atoms with van der Waals surface area (Å²) in [6, 6.07) is -0.0194. The highest BCUT2D eigenvalue weighted by atomic mass is 16.2. The van der Waals surface area contributed by atoms with Crippen LogP contribution in [0.4, 0.5) is 0 Å². The van der Waals surface area contributed by atoms with Crippen molar-refractivity contribution in [2.45, 2.75) is 19.0 Å². The summed E-state index contributed by atoms with van der Waals surface area (Å²) in [5, 5.41) is 3.10. The molecule has 0 saturated carbocycles. The molecule has 1 aliphatic rings. The van der Waals surface area contributed by atoms with Crippen molar-refractivity contribution < 1.29 is 4.79 Å². The van der Waals surface area contributed by atoms with Crippen LogP contribution in [0.3, 0.4) is 0 Å². The van der Waals surface area contributed by atoms with E-state index in [9.17, 15) is 4.79 Å². The fourth-order valence-electron chi connectivity index (χ4n) is 1.05. The quantitative estimate of drug-likeness (QED) is 0.527. The molecule has 0 bridgehead atoms. The van der Waals surface area contributed by atoms with Crippen molar-refractivity contribution in [1.29, 1.82) is 0 Å². The molecule has 1 heterocycles. The first-order valence-electron chi connectivity index (χ1n) is 3.86. The van der Waals surface area contributed by atoms with E-state index in [4.69, 9.17) is 5.73 Å². The molecule has 0 aliphatic carbocycles. The van der Waals surface area contributed by atoms with Crippen molar-refractivity contribution in [3.8, 4) is 0 Å². The maximum absolute atomic E-state index is 11.3. The highest BCUT2D eigenvalue weighted by Crippen LogP contribution is 2.02. The lowest BCUT2D eigenvalue weighted by molar-refractivity contribution is -0.133. The van der Waals surface area contributed by atoms with E-state index in [1.807, 2.05) is 0 Å². The van der Waals surface area contributed by atoms with Gasteiger partial charge in [-0.3, -0.25) is 4.79 Å². The molecule has 11 heavy (non-hydrogen) atoms. The number of rotatable bonds is 2. The van der Waals surface area contributed by atoms with Gasteiger partial charge in [0.1, 0.15) is 0 Å². The largest absolute Gasteiger partial charge is 0.339 e. The number of amides is 1. The van der Waals surface area contributed by atoms with Crippen LogP contribution in [-0.4, -0.2) is 43.0 Å². The molecule has 64 valence electrons. The van der Waals surface area contributed by atoms with E-state index in [0.29, 0.717) is 6.04 Å². The van der Waals surface area contributed by atoms with Crippen LogP contribution in [0.15, 0.2) is 0 Å². The Labute approximate surface area is 66.7 Å². The Kier molecular flexibility index (Phi) is 2.46. The highest BCUT2D eigenvalue weighted by molar-refractivity contribution is 5.81. The number of hydrogen-bond donors (Lipinski definition) is 2. The Balaban J connectivity index is 2.39. The molecule has 0 spiro atoms. The summed E-state index contributed by atoms with van der Waals surface area (Å²) in [4.78, 5) is 13.0. The topological polar surface area (TPSA) is 58.4 Å². The zero-order chi connectivity index (χ0) is 8.43. The second-order valence-electron chi connectivity index (χ2n) is 3.05. The van der Waals surface area contributed by atoms with Crippen molar-refractivity contribution in [3.63, 3.8) is 0 Å². The minimum Gasteiger partial charge on any atom is -0.339 e. The summed E-state index contributed by atoms with van der Waals surface area (Å²) in [7, 11) is 1.80. The average molecular weight is 157 g/mol. The zero-order valence-corrected chi connectivity index (χ0v) is 7.00. The molecule has 0 aromatic carbocycles. The third-order valence-electron chi connectivity index (χ3n) is 2.04. The molecule has 1 fully saturated rings. The van der Waals surface area contributed by atoms with Gasteiger partial charge in [0.25, 0.3) is 0 Å². The van der Waals surface area contributed by atoms with Gasteiger partial charge in [-0.05, 0) is 6.92 Å². The minimum absolute atomic E-state index is 0.0245. The minimum atomic E-state index is -0.374. The van der Waals surface area contributed by atoms with Crippen molar-refractivity contribution in [1.82, 2.24) is 10.2 Å². The molecule has 1 aliphatic heterocycles. The molecule has 1 atom stereocenters. The van der Waals surface area contributed by atoms with Gasteiger partial charge < -0.3 is 16.0 Å². The van der Waals surface area contributed by atoms with Crippen LogP contribution in [0.1, 0.15) is 6.92 Å². The van der Waals surface area contributed by atoms with Crippen molar-refractivity contribution in [2.24, 2.45) is 5.73 Å². The van der Waals surface area contributed by atoms with Gasteiger partial charge in [0, 0.05) is 20.1 Å². The third-order valence-corrected chi connectivity index (χ3v) is 2.04. The predicted molar refractivity (Wildman–Crippen MR) is 43.1 cm³/mol. The number of likely N-dealkylation sites (N-methyl/N-ethyl adjacent to an activating group) is 1. The monoisotopic (exact) mass is 157 g/mol. The lowest BCUT2D eigenvalue weighted by Gasteiger charge is -2.36. The fourth-order valence-corrected chi connectivity index (χ4v) is 1.05. The molecule has 1 rings (SSSR count). The molecule has 0 radical (unpaired) electrons. The number of hydrogen-bond acceptors (Lipinski definition) is 3. The first-order chi connectivity index (χ1) is 5.13. The number of nitrogens with zero attached hydrogens (tertiary/aromatic N) is 1. The lowest BCUT2D eigenvalue weighted by Crippen LogP contribution is -2.59. The van der Waals surface area contributed by atoms with Gasteiger partial charge in [-0.1, -0.05) is 0 Å². The third kappa shape index (κ3) is 1.70. The van der Waals surface area contributed by atoms with Crippen LogP contribution < -0.4 is 11.1 Å². The number of carbonyl (C=O) groups is 1. The summed E-state index contributed by atoms with van der Waals surface area (Å²) in [5.74, 6) is 0.0245. The van der Waals surface area contributed by atoms with Crippen LogP contribution in [0, 0.1) is 0 Å². The second kappa shape index (κ2) is 3.19. The van der Waals surface area contributed by atoms with Crippen LogP contribution in [0.5, 0.6) is 0 Å². The van der Waals surface area contributed by atoms with E-state index in [2.05, 4.69) is 5.32 Å². The van der Waals surface area contributed by atoms with E-state index in [1.165, 1.54) is 0 Å². The molecule has 0 aromatic heterocycles. The van der Waals surface area contributed by atoms with Crippen molar-refractivity contribution >= 4 is 5.91 Å². The number of nitrogens with two attached hydrogens (primary N) is 1. The molecular formula is C7H15N3O. The van der Waals surface area contributed by atoms with Gasteiger partial charge in [-0.2, -0.15) is 0 Å². The molecule has 1 saturated heterocycles. The van der Waals surface area contributed by atoms with Crippen LogP contribution in [-0.2, 0) is 4.79 Å². The molecule has 1 amide bonds. The fraction of sp³-hybridized carbons (Fsp3) is 0.857. The summed E-state index contributed by atoms with van der Waals surface area (Å²) in [6.07, 6.45) is 0. The summed E-state index contributed by atoms with van der Waals surface area (Å²) in [6.45, 7) is 3.51. The average Bonchev–Trinajstić information content (AvgIpc) is 1.82. The Morgan fingerprint density at radius 1 is 1.73 bits per heavy atom. The molecule has 4 nitrogen and oxygen atoms in total. The van der Waals surface area contributed by atoms with Crippen LogP contribution in [0.2, 0.25) is 0 Å². The van der Waals surface area contributed by atoms with Crippen LogP contribution in [0.25, 0.3) is 0 Å². The predicted octanol–water partition coefficient (Wildman–Crippen LogP) is -1.24. The maximum Gasteiger partial charge on any atom is 0.239 e. The summed E-state index contributed by atoms with van der Waals surface area (Å²) < 4.78 is 0. The molecule has 0 aromatic rings. The Hall–Kier alpha value is -0.610. The maximum atomic E-state index is 11.3. The van der Waals surface area contributed by atoms with Gasteiger partial charge >= 0.3 is 0 Å². The van der Waals surface area contributed by atoms with E-state index in [0.717, 1.165) is 13.1 Å². The Morgan fingerprint density at radius 3 is 2.55 bits per heavy atom. The Bertz CT molecular complexity index is 154. The van der Waals surface area contributed by atoms with E-state index in [1.54, 1.807) is 18.9 Å². The SMILES string of the molecule is CC(N)C(=O)N(C)C1CNC1. The number of nitrogens with one attached hydrogen (secondary N) is 1. The van der Waals surface area contributed by atoms with Gasteiger partial charge in [0.05, 0.1) is 12.1 Å². The first-order valence-corrected chi connectivity index (χ1v) is 3.86. The lowest BCUT2D eigenvalue weighted by atomic mass is 10.1.